The number of alkyl halides is 1. The van der Waals surface area contributed by atoms with Crippen molar-refractivity contribution in [2.45, 2.75) is 0 Å². The van der Waals surface area contributed by atoms with Crippen LogP contribution in [0.1, 0.15) is 15.9 Å². The molecule has 0 spiro atoms. The Morgan fingerprint density at radius 2 is 2.29 bits per heavy atom. The van der Waals surface area contributed by atoms with Gasteiger partial charge in [0, 0.05) is 5.56 Å². The van der Waals surface area contributed by atoms with E-state index in [2.05, 4.69) is 0 Å². The van der Waals surface area contributed by atoms with Crippen molar-refractivity contribution in [1.29, 1.82) is 5.26 Å². The molecule has 0 radical (unpaired) electrons. The van der Waals surface area contributed by atoms with Crippen molar-refractivity contribution in [2.24, 2.45) is 0 Å². The van der Waals surface area contributed by atoms with Gasteiger partial charge in [0.2, 0.25) is 0 Å². The summed E-state index contributed by atoms with van der Waals surface area (Å²) >= 11 is 7.20. The number of carbonyl (C=O) groups excluding carboxylic acids is 1. The fourth-order valence-electron chi connectivity index (χ4n) is 0.942. The van der Waals surface area contributed by atoms with E-state index in [-0.39, 0.29) is 23.0 Å². The number of benzene rings is 1. The summed E-state index contributed by atoms with van der Waals surface area (Å²) < 4.78 is 0.368. The predicted molar refractivity (Wildman–Crippen MR) is 60.6 cm³/mol. The van der Waals surface area contributed by atoms with Gasteiger partial charge < -0.3 is 5.11 Å². The van der Waals surface area contributed by atoms with Crippen LogP contribution in [0.4, 0.5) is 0 Å². The Kier molecular flexibility index (Phi) is 3.72. The number of halogens is 2. The molecule has 1 N–H and O–H groups in total. The van der Waals surface area contributed by atoms with Gasteiger partial charge in [0.05, 0.1) is 15.0 Å². The maximum Gasteiger partial charge on any atom is 0.178 e. The van der Waals surface area contributed by atoms with Gasteiger partial charge in [-0.3, -0.25) is 4.79 Å². The number of rotatable bonds is 2. The average Bonchev–Trinajstić information content (AvgIpc) is 2.21. The van der Waals surface area contributed by atoms with Gasteiger partial charge in [-0.05, 0) is 34.7 Å². The van der Waals surface area contributed by atoms with Crippen molar-refractivity contribution in [3.8, 4) is 11.8 Å². The van der Waals surface area contributed by atoms with Crippen molar-refractivity contribution < 1.29 is 9.90 Å². The first kappa shape index (κ1) is 11.3. The molecule has 5 heteroatoms. The second-order valence-corrected chi connectivity index (χ2v) is 3.84. The molecule has 0 saturated heterocycles. The van der Waals surface area contributed by atoms with Crippen molar-refractivity contribution in [1.82, 2.24) is 0 Å². The summed E-state index contributed by atoms with van der Waals surface area (Å²) in [5.74, 6) is -0.568. The number of ketones is 1. The van der Waals surface area contributed by atoms with E-state index in [1.54, 1.807) is 0 Å². The van der Waals surface area contributed by atoms with Gasteiger partial charge in [-0.1, -0.05) is 0 Å². The van der Waals surface area contributed by atoms with E-state index in [4.69, 9.17) is 16.9 Å². The molecule has 3 nitrogen and oxygen atoms in total. The number of phenols is 1. The molecular weight excluding hydrogens is 316 g/mol. The first-order valence-corrected chi connectivity index (χ1v) is 5.24. The number of nitrogens with zero attached hydrogens (tertiary/aromatic N) is 1. The predicted octanol–water partition coefficient (Wildman–Crippen LogP) is 2.29. The van der Waals surface area contributed by atoms with Crippen LogP contribution in [-0.2, 0) is 0 Å². The highest BCUT2D eigenvalue weighted by Gasteiger charge is 2.14. The van der Waals surface area contributed by atoms with Gasteiger partial charge in [-0.15, -0.1) is 11.6 Å². The van der Waals surface area contributed by atoms with Crippen LogP contribution < -0.4 is 0 Å². The lowest BCUT2D eigenvalue weighted by molar-refractivity contribution is 0.102. The van der Waals surface area contributed by atoms with Crippen LogP contribution in [0.2, 0.25) is 0 Å². The average molecular weight is 322 g/mol. The Morgan fingerprint density at radius 1 is 1.64 bits per heavy atom. The number of nitriles is 1. The first-order chi connectivity index (χ1) is 6.61. The number of Topliss-reactive ketones (excluding diaryl/α,β-unsaturated/α-hetero) is 1. The molecule has 0 aromatic heterocycles. The van der Waals surface area contributed by atoms with Crippen molar-refractivity contribution in [2.75, 3.05) is 5.88 Å². The Bertz CT molecular complexity index is 426. The van der Waals surface area contributed by atoms with Gasteiger partial charge in [0.15, 0.2) is 5.78 Å². The largest absolute Gasteiger partial charge is 0.505 e. The lowest BCUT2D eigenvalue weighted by Gasteiger charge is -2.04. The second kappa shape index (κ2) is 4.62. The van der Waals surface area contributed by atoms with Crippen molar-refractivity contribution in [3.05, 3.63) is 26.8 Å². The molecule has 0 aliphatic rings. The molecule has 1 aromatic rings. The molecule has 0 aliphatic carbocycles. The molecule has 0 saturated carbocycles. The molecular formula is C9H5ClINO2. The number of aromatic hydroxyl groups is 1. The standard InChI is InChI=1S/C9H5ClINO2/c10-3-7(13)6-2-1-5(4-12)9(14)8(6)11/h1-2,14H,3H2. The number of hydrogen-bond acceptors (Lipinski definition) is 3. The topological polar surface area (TPSA) is 61.1 Å². The minimum atomic E-state index is -0.268. The van der Waals surface area contributed by atoms with E-state index >= 15 is 0 Å². The lowest BCUT2D eigenvalue weighted by Crippen LogP contribution is -2.03. The van der Waals surface area contributed by atoms with Crippen molar-refractivity contribution >= 4 is 40.0 Å². The molecule has 0 atom stereocenters. The van der Waals surface area contributed by atoms with E-state index < -0.39 is 0 Å². The molecule has 1 rings (SSSR count). The fourth-order valence-corrected chi connectivity index (χ4v) is 1.86. The molecule has 0 bridgehead atoms. The fraction of sp³-hybridized carbons (Fsp3) is 0.111. The van der Waals surface area contributed by atoms with Crippen LogP contribution >= 0.6 is 34.2 Å². The maximum atomic E-state index is 11.3. The quantitative estimate of drug-likeness (QED) is 0.516. The van der Waals surface area contributed by atoms with Gasteiger partial charge >= 0.3 is 0 Å². The third-order valence-electron chi connectivity index (χ3n) is 1.66. The number of hydrogen-bond donors (Lipinski definition) is 1. The van der Waals surface area contributed by atoms with E-state index in [9.17, 15) is 9.90 Å². The minimum absolute atomic E-state index is 0.138. The zero-order valence-electron chi connectivity index (χ0n) is 6.92. The van der Waals surface area contributed by atoms with E-state index in [0.717, 1.165) is 0 Å². The molecule has 0 heterocycles. The highest BCUT2D eigenvalue weighted by Crippen LogP contribution is 2.27. The van der Waals surface area contributed by atoms with Crippen LogP contribution in [0.3, 0.4) is 0 Å². The normalized spacial score (nSPS) is 9.50. The van der Waals surface area contributed by atoms with Gasteiger partial charge in [-0.25, -0.2) is 0 Å². The molecule has 0 amide bonds. The summed E-state index contributed by atoms with van der Waals surface area (Å²) in [6.07, 6.45) is 0. The Balaban J connectivity index is 3.33. The summed E-state index contributed by atoms with van der Waals surface area (Å²) in [6.45, 7) is 0. The third-order valence-corrected chi connectivity index (χ3v) is 2.99. The molecule has 14 heavy (non-hydrogen) atoms. The second-order valence-electron chi connectivity index (χ2n) is 2.49. The highest BCUT2D eigenvalue weighted by molar-refractivity contribution is 14.1. The van der Waals surface area contributed by atoms with Crippen LogP contribution in [0.5, 0.6) is 5.75 Å². The van der Waals surface area contributed by atoms with E-state index in [1.807, 2.05) is 28.7 Å². The summed E-state index contributed by atoms with van der Waals surface area (Å²) in [4.78, 5) is 11.3. The van der Waals surface area contributed by atoms with Gasteiger partial charge in [-0.2, -0.15) is 5.26 Å². The van der Waals surface area contributed by atoms with Gasteiger partial charge in [0.1, 0.15) is 11.8 Å². The lowest BCUT2D eigenvalue weighted by atomic mass is 10.1. The molecule has 1 aromatic carbocycles. The van der Waals surface area contributed by atoms with E-state index in [0.29, 0.717) is 9.13 Å². The van der Waals surface area contributed by atoms with Crippen LogP contribution in [-0.4, -0.2) is 16.8 Å². The molecule has 0 unspecified atom stereocenters. The summed E-state index contributed by atoms with van der Waals surface area (Å²) in [7, 11) is 0. The van der Waals surface area contributed by atoms with Gasteiger partial charge in [0.25, 0.3) is 0 Å². The third kappa shape index (κ3) is 1.99. The SMILES string of the molecule is N#Cc1ccc(C(=O)CCl)c(I)c1O. The van der Waals surface area contributed by atoms with Crippen LogP contribution in [0.25, 0.3) is 0 Å². The highest BCUT2D eigenvalue weighted by atomic mass is 127. The van der Waals surface area contributed by atoms with Crippen LogP contribution in [0.15, 0.2) is 12.1 Å². The zero-order chi connectivity index (χ0) is 10.7. The van der Waals surface area contributed by atoms with E-state index in [1.165, 1.54) is 12.1 Å². The number of carbonyl (C=O) groups is 1. The Hall–Kier alpha value is -0.800. The first-order valence-electron chi connectivity index (χ1n) is 3.62. The zero-order valence-corrected chi connectivity index (χ0v) is 9.83. The van der Waals surface area contributed by atoms with Crippen LogP contribution in [0, 0.1) is 14.9 Å². The Morgan fingerprint density at radius 3 is 2.79 bits per heavy atom. The minimum Gasteiger partial charge on any atom is -0.505 e. The molecule has 0 aliphatic heterocycles. The monoisotopic (exact) mass is 321 g/mol. The molecule has 0 fully saturated rings. The van der Waals surface area contributed by atoms with Crippen molar-refractivity contribution in [3.63, 3.8) is 0 Å². The maximum absolute atomic E-state index is 11.3. The smallest absolute Gasteiger partial charge is 0.178 e. The Labute approximate surface area is 99.4 Å². The summed E-state index contributed by atoms with van der Waals surface area (Å²) in [6, 6.07) is 4.71. The number of phenolic OH excluding ortho intramolecular Hbond substituents is 1. The summed E-state index contributed by atoms with van der Waals surface area (Å²) in [5, 5.41) is 18.1. The summed E-state index contributed by atoms with van der Waals surface area (Å²) in [5.41, 5.74) is 0.498. The molecule has 72 valence electrons.